The Kier molecular flexibility index (Phi) is 3.55. The number of ether oxygens (including phenoxy) is 2. The topological polar surface area (TPSA) is 53.4 Å². The zero-order chi connectivity index (χ0) is 14.0. The summed E-state index contributed by atoms with van der Waals surface area (Å²) in [4.78, 5) is 12.5. The van der Waals surface area contributed by atoms with Gasteiger partial charge in [-0.3, -0.25) is 9.48 Å². The Morgan fingerprint density at radius 3 is 2.47 bits per heavy atom. The Hall–Kier alpha value is -2.30. The fraction of sp³-hybridized carbons (Fsp3) is 0.286. The lowest BCUT2D eigenvalue weighted by Gasteiger charge is -2.09. The molecule has 0 fully saturated rings. The van der Waals surface area contributed by atoms with Crippen molar-refractivity contribution in [3.8, 4) is 11.5 Å². The fourth-order valence-electron chi connectivity index (χ4n) is 1.95. The van der Waals surface area contributed by atoms with Gasteiger partial charge < -0.3 is 9.47 Å². The molecule has 0 aliphatic rings. The SMILES string of the molecule is COc1ccc(C(=O)c2cn(C)nc2C)c(OC)c1. The smallest absolute Gasteiger partial charge is 0.200 e. The first kappa shape index (κ1) is 13.1. The van der Waals surface area contributed by atoms with Crippen molar-refractivity contribution in [3.63, 3.8) is 0 Å². The minimum Gasteiger partial charge on any atom is -0.497 e. The Labute approximate surface area is 111 Å². The van der Waals surface area contributed by atoms with Crippen molar-refractivity contribution in [3.05, 3.63) is 41.2 Å². The van der Waals surface area contributed by atoms with Crippen LogP contribution in [0.3, 0.4) is 0 Å². The molecule has 0 atom stereocenters. The molecule has 0 bridgehead atoms. The van der Waals surface area contributed by atoms with Crippen LogP contribution >= 0.6 is 0 Å². The van der Waals surface area contributed by atoms with Gasteiger partial charge in [-0.2, -0.15) is 5.10 Å². The highest BCUT2D eigenvalue weighted by Crippen LogP contribution is 2.27. The third-order valence-electron chi connectivity index (χ3n) is 2.91. The number of hydrogen-bond acceptors (Lipinski definition) is 4. The second-order valence-electron chi connectivity index (χ2n) is 4.20. The first-order chi connectivity index (χ1) is 9.06. The number of ketones is 1. The van der Waals surface area contributed by atoms with E-state index in [4.69, 9.17) is 9.47 Å². The number of methoxy groups -OCH3 is 2. The lowest BCUT2D eigenvalue weighted by Crippen LogP contribution is -2.05. The molecule has 5 heteroatoms. The van der Waals surface area contributed by atoms with Crippen LogP contribution in [-0.4, -0.2) is 29.8 Å². The quantitative estimate of drug-likeness (QED) is 0.789. The average molecular weight is 260 g/mol. The predicted molar refractivity (Wildman–Crippen MR) is 70.9 cm³/mol. The van der Waals surface area contributed by atoms with E-state index >= 15 is 0 Å². The van der Waals surface area contributed by atoms with Crippen molar-refractivity contribution >= 4 is 5.78 Å². The third kappa shape index (κ3) is 2.45. The highest BCUT2D eigenvalue weighted by atomic mass is 16.5. The van der Waals surface area contributed by atoms with Crippen LogP contribution in [-0.2, 0) is 7.05 Å². The number of nitrogens with zero attached hydrogens (tertiary/aromatic N) is 2. The van der Waals surface area contributed by atoms with Gasteiger partial charge in [0.1, 0.15) is 11.5 Å². The van der Waals surface area contributed by atoms with E-state index in [9.17, 15) is 4.79 Å². The van der Waals surface area contributed by atoms with Gasteiger partial charge in [0.25, 0.3) is 0 Å². The minimum atomic E-state index is -0.106. The monoisotopic (exact) mass is 260 g/mol. The molecule has 100 valence electrons. The molecule has 1 aromatic heterocycles. The van der Waals surface area contributed by atoms with Gasteiger partial charge in [-0.1, -0.05) is 0 Å². The second-order valence-corrected chi connectivity index (χ2v) is 4.20. The second kappa shape index (κ2) is 5.14. The zero-order valence-electron chi connectivity index (χ0n) is 11.4. The van der Waals surface area contributed by atoms with Gasteiger partial charge in [0.15, 0.2) is 5.78 Å². The molecule has 19 heavy (non-hydrogen) atoms. The molecular formula is C14H16N2O3. The van der Waals surface area contributed by atoms with Crippen LogP contribution in [0.4, 0.5) is 0 Å². The summed E-state index contributed by atoms with van der Waals surface area (Å²) in [5.74, 6) is 1.04. The summed E-state index contributed by atoms with van der Waals surface area (Å²) in [6.07, 6.45) is 1.71. The van der Waals surface area contributed by atoms with E-state index in [-0.39, 0.29) is 5.78 Å². The molecule has 5 nitrogen and oxygen atoms in total. The Balaban J connectivity index is 2.46. The van der Waals surface area contributed by atoms with Gasteiger partial charge in [-0.15, -0.1) is 0 Å². The molecule has 0 saturated carbocycles. The number of aromatic nitrogens is 2. The molecular weight excluding hydrogens is 244 g/mol. The maximum Gasteiger partial charge on any atom is 0.200 e. The van der Waals surface area contributed by atoms with Gasteiger partial charge >= 0.3 is 0 Å². The van der Waals surface area contributed by atoms with Gasteiger partial charge in [0.05, 0.1) is 31.0 Å². The number of rotatable bonds is 4. The first-order valence-corrected chi connectivity index (χ1v) is 5.83. The summed E-state index contributed by atoms with van der Waals surface area (Å²) < 4.78 is 12.0. The molecule has 0 aliphatic heterocycles. The van der Waals surface area contributed by atoms with Gasteiger partial charge in [-0.25, -0.2) is 0 Å². The van der Waals surface area contributed by atoms with Crippen LogP contribution in [0, 0.1) is 6.92 Å². The van der Waals surface area contributed by atoms with Crippen LogP contribution < -0.4 is 9.47 Å². The maximum atomic E-state index is 12.5. The van der Waals surface area contributed by atoms with Crippen molar-refractivity contribution in [2.24, 2.45) is 7.05 Å². The number of aryl methyl sites for hydroxylation is 2. The summed E-state index contributed by atoms with van der Waals surface area (Å²) in [6, 6.07) is 5.13. The van der Waals surface area contributed by atoms with E-state index in [1.165, 1.54) is 7.11 Å². The molecule has 2 aromatic rings. The van der Waals surface area contributed by atoms with E-state index in [2.05, 4.69) is 5.10 Å². The van der Waals surface area contributed by atoms with Crippen LogP contribution in [0.25, 0.3) is 0 Å². The summed E-state index contributed by atoms with van der Waals surface area (Å²) in [7, 11) is 4.89. The number of benzene rings is 1. The summed E-state index contributed by atoms with van der Waals surface area (Å²) in [6.45, 7) is 1.81. The normalized spacial score (nSPS) is 10.3. The van der Waals surface area contributed by atoms with E-state index in [0.717, 1.165) is 0 Å². The average Bonchev–Trinajstić information content (AvgIpc) is 2.76. The molecule has 0 radical (unpaired) electrons. The Morgan fingerprint density at radius 1 is 1.21 bits per heavy atom. The predicted octanol–water partition coefficient (Wildman–Crippen LogP) is 1.98. The highest BCUT2D eigenvalue weighted by Gasteiger charge is 2.19. The van der Waals surface area contributed by atoms with E-state index in [0.29, 0.717) is 28.3 Å². The fourth-order valence-corrected chi connectivity index (χ4v) is 1.95. The summed E-state index contributed by atoms with van der Waals surface area (Å²) in [5, 5.41) is 4.18. The van der Waals surface area contributed by atoms with E-state index in [1.807, 2.05) is 6.92 Å². The van der Waals surface area contributed by atoms with Crippen LogP contribution in [0.2, 0.25) is 0 Å². The van der Waals surface area contributed by atoms with Gasteiger partial charge in [-0.05, 0) is 19.1 Å². The van der Waals surface area contributed by atoms with Gasteiger partial charge in [0.2, 0.25) is 0 Å². The molecule has 0 amide bonds. The molecule has 1 heterocycles. The largest absolute Gasteiger partial charge is 0.497 e. The zero-order valence-corrected chi connectivity index (χ0v) is 11.4. The highest BCUT2D eigenvalue weighted by molar-refractivity contribution is 6.11. The Bertz CT molecular complexity index is 617. The number of carbonyl (C=O) groups excluding carboxylic acids is 1. The van der Waals surface area contributed by atoms with E-state index in [1.54, 1.807) is 43.2 Å². The summed E-state index contributed by atoms with van der Waals surface area (Å²) in [5.41, 5.74) is 1.77. The van der Waals surface area contributed by atoms with Gasteiger partial charge in [0, 0.05) is 19.3 Å². The third-order valence-corrected chi connectivity index (χ3v) is 2.91. The number of carbonyl (C=O) groups is 1. The van der Waals surface area contributed by atoms with Crippen LogP contribution in [0.5, 0.6) is 11.5 Å². The number of hydrogen-bond donors (Lipinski definition) is 0. The summed E-state index contributed by atoms with van der Waals surface area (Å²) >= 11 is 0. The van der Waals surface area contributed by atoms with Crippen molar-refractivity contribution in [2.45, 2.75) is 6.92 Å². The lowest BCUT2D eigenvalue weighted by atomic mass is 10.0. The standard InChI is InChI=1S/C14H16N2O3/c1-9-12(8-16(2)15-9)14(17)11-6-5-10(18-3)7-13(11)19-4/h5-8H,1-4H3. The van der Waals surface area contributed by atoms with Crippen molar-refractivity contribution in [2.75, 3.05) is 14.2 Å². The first-order valence-electron chi connectivity index (χ1n) is 5.83. The van der Waals surface area contributed by atoms with Crippen LogP contribution in [0.1, 0.15) is 21.6 Å². The maximum absolute atomic E-state index is 12.5. The molecule has 0 unspecified atom stereocenters. The Morgan fingerprint density at radius 2 is 1.95 bits per heavy atom. The molecule has 0 N–H and O–H groups in total. The minimum absolute atomic E-state index is 0.106. The van der Waals surface area contributed by atoms with Crippen molar-refractivity contribution in [1.29, 1.82) is 0 Å². The molecule has 1 aromatic carbocycles. The van der Waals surface area contributed by atoms with E-state index < -0.39 is 0 Å². The van der Waals surface area contributed by atoms with Crippen LogP contribution in [0.15, 0.2) is 24.4 Å². The molecule has 0 saturated heterocycles. The van der Waals surface area contributed by atoms with Crippen molar-refractivity contribution in [1.82, 2.24) is 9.78 Å². The lowest BCUT2D eigenvalue weighted by molar-refractivity contribution is 0.103. The van der Waals surface area contributed by atoms with Crippen molar-refractivity contribution < 1.29 is 14.3 Å². The molecule has 2 rings (SSSR count). The molecule has 0 aliphatic carbocycles. The molecule has 0 spiro atoms.